The number of halogens is 1. The molecule has 0 atom stereocenters. The van der Waals surface area contributed by atoms with Gasteiger partial charge in [0.05, 0.1) is 29.1 Å². The van der Waals surface area contributed by atoms with E-state index in [2.05, 4.69) is 15.7 Å². The Hall–Kier alpha value is -2.79. The van der Waals surface area contributed by atoms with Crippen molar-refractivity contribution < 1.29 is 4.79 Å². The first-order valence-corrected chi connectivity index (χ1v) is 8.44. The van der Waals surface area contributed by atoms with Crippen LogP contribution in [-0.2, 0) is 11.2 Å². The molecule has 3 aromatic rings. The van der Waals surface area contributed by atoms with Crippen molar-refractivity contribution in [2.45, 2.75) is 6.42 Å². The standard InChI is InChI=1S/C19H19ClN4O/c20-17-8-4-5-9-18(17)22-13-19(25)21-11-10-15-12-23-24(14-15)16-6-2-1-3-7-16/h1-9,12,14,22H,10-11,13H2,(H,21,25). The van der Waals surface area contributed by atoms with E-state index < -0.39 is 0 Å². The van der Waals surface area contributed by atoms with Crippen molar-refractivity contribution >= 4 is 23.2 Å². The van der Waals surface area contributed by atoms with E-state index >= 15 is 0 Å². The molecule has 0 radical (unpaired) electrons. The minimum absolute atomic E-state index is 0.0737. The predicted octanol–water partition coefficient (Wildman–Crippen LogP) is 3.30. The average molecular weight is 355 g/mol. The number of nitrogens with one attached hydrogen (secondary N) is 2. The van der Waals surface area contributed by atoms with Crippen LogP contribution in [0.4, 0.5) is 5.69 Å². The third-order valence-corrected chi connectivity index (χ3v) is 4.04. The maximum Gasteiger partial charge on any atom is 0.239 e. The number of carbonyl (C=O) groups is 1. The molecule has 5 nitrogen and oxygen atoms in total. The van der Waals surface area contributed by atoms with E-state index in [1.54, 1.807) is 6.07 Å². The van der Waals surface area contributed by atoms with Gasteiger partial charge >= 0.3 is 0 Å². The van der Waals surface area contributed by atoms with Crippen LogP contribution in [0, 0.1) is 0 Å². The van der Waals surface area contributed by atoms with Gasteiger partial charge in [0.25, 0.3) is 0 Å². The van der Waals surface area contributed by atoms with Crippen molar-refractivity contribution in [3.63, 3.8) is 0 Å². The molecule has 0 spiro atoms. The van der Waals surface area contributed by atoms with E-state index in [0.717, 1.165) is 23.4 Å². The van der Waals surface area contributed by atoms with Crippen LogP contribution in [0.15, 0.2) is 67.0 Å². The van der Waals surface area contributed by atoms with Gasteiger partial charge in [-0.25, -0.2) is 4.68 Å². The fraction of sp³-hybridized carbons (Fsp3) is 0.158. The number of carbonyl (C=O) groups excluding carboxylic acids is 1. The minimum atomic E-state index is -0.0737. The van der Waals surface area contributed by atoms with E-state index in [9.17, 15) is 4.79 Å². The summed E-state index contributed by atoms with van der Waals surface area (Å²) < 4.78 is 1.83. The third kappa shape index (κ3) is 4.84. The van der Waals surface area contributed by atoms with Gasteiger partial charge in [0.2, 0.25) is 5.91 Å². The molecule has 1 heterocycles. The topological polar surface area (TPSA) is 59.0 Å². The monoisotopic (exact) mass is 354 g/mol. The molecular formula is C19H19ClN4O. The highest BCUT2D eigenvalue weighted by molar-refractivity contribution is 6.33. The first kappa shape index (κ1) is 17.0. The number of hydrogen-bond donors (Lipinski definition) is 2. The quantitative estimate of drug-likeness (QED) is 0.684. The second kappa shape index (κ2) is 8.35. The molecule has 0 aliphatic rings. The summed E-state index contributed by atoms with van der Waals surface area (Å²) >= 11 is 6.04. The maximum atomic E-state index is 11.9. The maximum absolute atomic E-state index is 11.9. The number of anilines is 1. The van der Waals surface area contributed by atoms with Crippen LogP contribution in [0.25, 0.3) is 5.69 Å². The summed E-state index contributed by atoms with van der Waals surface area (Å²) in [5.41, 5.74) is 2.84. The second-order valence-electron chi connectivity index (χ2n) is 5.56. The molecule has 3 rings (SSSR count). The van der Waals surface area contributed by atoms with Crippen molar-refractivity contribution in [1.29, 1.82) is 0 Å². The van der Waals surface area contributed by atoms with E-state index in [-0.39, 0.29) is 12.5 Å². The zero-order valence-corrected chi connectivity index (χ0v) is 14.4. The van der Waals surface area contributed by atoms with Crippen molar-refractivity contribution in [2.24, 2.45) is 0 Å². The summed E-state index contributed by atoms with van der Waals surface area (Å²) in [5.74, 6) is -0.0737. The molecule has 0 bridgehead atoms. The van der Waals surface area contributed by atoms with Crippen molar-refractivity contribution in [3.05, 3.63) is 77.6 Å². The van der Waals surface area contributed by atoms with E-state index in [0.29, 0.717) is 11.6 Å². The number of nitrogens with zero attached hydrogens (tertiary/aromatic N) is 2. The average Bonchev–Trinajstić information content (AvgIpc) is 3.11. The first-order valence-electron chi connectivity index (χ1n) is 8.06. The van der Waals surface area contributed by atoms with Gasteiger partial charge in [0.15, 0.2) is 0 Å². The molecule has 2 aromatic carbocycles. The molecule has 0 saturated heterocycles. The lowest BCUT2D eigenvalue weighted by atomic mass is 10.2. The van der Waals surface area contributed by atoms with Crippen molar-refractivity contribution in [1.82, 2.24) is 15.1 Å². The summed E-state index contributed by atoms with van der Waals surface area (Å²) in [6.45, 7) is 0.747. The number of rotatable bonds is 7. The molecule has 0 aliphatic carbocycles. The lowest BCUT2D eigenvalue weighted by Crippen LogP contribution is -2.31. The van der Waals surface area contributed by atoms with Gasteiger partial charge in [-0.2, -0.15) is 5.10 Å². The molecule has 1 amide bonds. The Kier molecular flexibility index (Phi) is 5.69. The van der Waals surface area contributed by atoms with Gasteiger partial charge < -0.3 is 10.6 Å². The molecule has 0 unspecified atom stereocenters. The van der Waals surface area contributed by atoms with Crippen LogP contribution in [0.3, 0.4) is 0 Å². The lowest BCUT2D eigenvalue weighted by Gasteiger charge is -2.08. The Morgan fingerprint density at radius 2 is 1.84 bits per heavy atom. The van der Waals surface area contributed by atoms with Gasteiger partial charge in [-0.3, -0.25) is 4.79 Å². The Labute approximate surface area is 151 Å². The Morgan fingerprint density at radius 1 is 1.08 bits per heavy atom. The van der Waals surface area contributed by atoms with Crippen LogP contribution in [0.2, 0.25) is 5.02 Å². The molecule has 1 aromatic heterocycles. The summed E-state index contributed by atoms with van der Waals surface area (Å²) in [5, 5.41) is 10.9. The molecule has 128 valence electrons. The van der Waals surface area contributed by atoms with Gasteiger partial charge in [-0.05, 0) is 36.2 Å². The Bertz CT molecular complexity index is 832. The smallest absolute Gasteiger partial charge is 0.239 e. The zero-order valence-electron chi connectivity index (χ0n) is 13.7. The second-order valence-corrected chi connectivity index (χ2v) is 5.97. The Morgan fingerprint density at radius 3 is 2.64 bits per heavy atom. The fourth-order valence-electron chi connectivity index (χ4n) is 2.40. The molecule has 25 heavy (non-hydrogen) atoms. The molecule has 0 aliphatic heterocycles. The molecule has 0 saturated carbocycles. The third-order valence-electron chi connectivity index (χ3n) is 3.71. The Balaban J connectivity index is 1.43. The van der Waals surface area contributed by atoms with Gasteiger partial charge in [0.1, 0.15) is 0 Å². The van der Waals surface area contributed by atoms with E-state index in [4.69, 9.17) is 11.6 Å². The number of aromatic nitrogens is 2. The van der Waals surface area contributed by atoms with Crippen molar-refractivity contribution in [2.75, 3.05) is 18.4 Å². The first-order chi connectivity index (χ1) is 12.2. The summed E-state index contributed by atoms with van der Waals surface area (Å²) in [4.78, 5) is 11.9. The zero-order chi connectivity index (χ0) is 17.5. The highest BCUT2D eigenvalue weighted by atomic mass is 35.5. The predicted molar refractivity (Wildman–Crippen MR) is 100 cm³/mol. The van der Waals surface area contributed by atoms with Crippen LogP contribution < -0.4 is 10.6 Å². The van der Waals surface area contributed by atoms with Crippen LogP contribution in [0.5, 0.6) is 0 Å². The van der Waals surface area contributed by atoms with Crippen molar-refractivity contribution in [3.8, 4) is 5.69 Å². The number of benzene rings is 2. The largest absolute Gasteiger partial charge is 0.375 e. The summed E-state index contributed by atoms with van der Waals surface area (Å²) in [6.07, 6.45) is 4.52. The van der Waals surface area contributed by atoms with E-state index in [1.165, 1.54) is 0 Å². The highest BCUT2D eigenvalue weighted by Gasteiger charge is 2.04. The van der Waals surface area contributed by atoms with Gasteiger partial charge in [0, 0.05) is 12.7 Å². The summed E-state index contributed by atoms with van der Waals surface area (Å²) in [7, 11) is 0. The van der Waals surface area contributed by atoms with Gasteiger partial charge in [-0.15, -0.1) is 0 Å². The number of hydrogen-bond acceptors (Lipinski definition) is 3. The van der Waals surface area contributed by atoms with Crippen LogP contribution in [-0.4, -0.2) is 28.8 Å². The molecule has 2 N–H and O–H groups in total. The molecule has 6 heteroatoms. The van der Waals surface area contributed by atoms with Gasteiger partial charge in [-0.1, -0.05) is 41.9 Å². The summed E-state index contributed by atoms with van der Waals surface area (Å²) in [6, 6.07) is 17.3. The lowest BCUT2D eigenvalue weighted by molar-refractivity contribution is -0.119. The molecule has 0 fully saturated rings. The number of amides is 1. The fourth-order valence-corrected chi connectivity index (χ4v) is 2.60. The normalized spacial score (nSPS) is 10.4. The minimum Gasteiger partial charge on any atom is -0.375 e. The highest BCUT2D eigenvalue weighted by Crippen LogP contribution is 2.19. The SMILES string of the molecule is O=C(CNc1ccccc1Cl)NCCc1cnn(-c2ccccc2)c1. The number of para-hydroxylation sites is 2. The van der Waals surface area contributed by atoms with Crippen LogP contribution in [0.1, 0.15) is 5.56 Å². The molecular weight excluding hydrogens is 336 g/mol. The van der Waals surface area contributed by atoms with E-state index in [1.807, 2.05) is 65.6 Å². The van der Waals surface area contributed by atoms with Crippen LogP contribution >= 0.6 is 11.6 Å².